The van der Waals surface area contributed by atoms with Crippen LogP contribution in [0.4, 0.5) is 11.4 Å². The van der Waals surface area contributed by atoms with Crippen LogP contribution in [0.15, 0.2) is 42.5 Å². The van der Waals surface area contributed by atoms with E-state index in [4.69, 9.17) is 14.2 Å². The number of carbonyl (C=O) groups excluding carboxylic acids is 2. The number of amides is 2. The molecule has 2 rings (SSSR count). The molecule has 0 bridgehead atoms. The summed E-state index contributed by atoms with van der Waals surface area (Å²) in [5.74, 6) is 0.714. The summed E-state index contributed by atoms with van der Waals surface area (Å²) in [5.41, 5.74) is 1.70. The fraction of sp³-hybridized carbons (Fsp3) is 0.333. The van der Waals surface area contributed by atoms with Gasteiger partial charge in [-0.25, -0.2) is 0 Å². The predicted molar refractivity (Wildman–Crippen MR) is 112 cm³/mol. The van der Waals surface area contributed by atoms with Crippen LogP contribution in [0.5, 0.6) is 11.5 Å². The lowest BCUT2D eigenvalue weighted by Gasteiger charge is -2.13. The van der Waals surface area contributed by atoms with Crippen molar-refractivity contribution >= 4 is 23.2 Å². The minimum Gasteiger partial charge on any atom is -0.497 e. The van der Waals surface area contributed by atoms with E-state index in [9.17, 15) is 9.59 Å². The lowest BCUT2D eigenvalue weighted by atomic mass is 10.2. The summed E-state index contributed by atoms with van der Waals surface area (Å²) in [6.45, 7) is 1.16. The van der Waals surface area contributed by atoms with Crippen LogP contribution in [0.3, 0.4) is 0 Å². The normalized spacial score (nSPS) is 10.2. The van der Waals surface area contributed by atoms with Crippen molar-refractivity contribution in [1.82, 2.24) is 5.32 Å². The van der Waals surface area contributed by atoms with E-state index >= 15 is 0 Å². The van der Waals surface area contributed by atoms with Crippen LogP contribution in [0.1, 0.15) is 16.8 Å². The number of nitrogens with one attached hydrogen (secondary N) is 3. The molecule has 2 amide bonds. The summed E-state index contributed by atoms with van der Waals surface area (Å²) < 4.78 is 15.4. The molecular weight excluding hydrogens is 374 g/mol. The molecule has 0 saturated heterocycles. The van der Waals surface area contributed by atoms with E-state index in [1.165, 1.54) is 7.11 Å². The fourth-order valence-electron chi connectivity index (χ4n) is 2.58. The molecule has 0 saturated carbocycles. The van der Waals surface area contributed by atoms with Gasteiger partial charge in [-0.3, -0.25) is 9.59 Å². The molecule has 0 aliphatic carbocycles. The molecule has 0 atom stereocenters. The number of methoxy groups -OCH3 is 3. The zero-order valence-electron chi connectivity index (χ0n) is 16.9. The highest BCUT2D eigenvalue weighted by Gasteiger charge is 2.10. The largest absolute Gasteiger partial charge is 0.497 e. The average molecular weight is 401 g/mol. The number of anilines is 2. The number of hydrogen-bond acceptors (Lipinski definition) is 6. The smallest absolute Gasteiger partial charge is 0.251 e. The second kappa shape index (κ2) is 11.6. The van der Waals surface area contributed by atoms with Crippen molar-refractivity contribution in [2.75, 3.05) is 51.7 Å². The Hall–Kier alpha value is -3.26. The van der Waals surface area contributed by atoms with Gasteiger partial charge in [-0.1, -0.05) is 6.07 Å². The summed E-state index contributed by atoms with van der Waals surface area (Å²) >= 11 is 0. The summed E-state index contributed by atoms with van der Waals surface area (Å²) in [4.78, 5) is 24.5. The van der Waals surface area contributed by atoms with Crippen LogP contribution >= 0.6 is 0 Å². The molecule has 29 heavy (non-hydrogen) atoms. The zero-order chi connectivity index (χ0) is 21.1. The van der Waals surface area contributed by atoms with E-state index in [1.807, 2.05) is 0 Å². The summed E-state index contributed by atoms with van der Waals surface area (Å²) in [6.07, 6.45) is 0.744. The molecule has 0 radical (unpaired) electrons. The number of ether oxygens (including phenoxy) is 3. The highest BCUT2D eigenvalue weighted by Crippen LogP contribution is 2.28. The molecule has 0 unspecified atom stereocenters. The topological polar surface area (TPSA) is 97.9 Å². The Morgan fingerprint density at radius 3 is 2.55 bits per heavy atom. The first-order valence-corrected chi connectivity index (χ1v) is 9.20. The maximum absolute atomic E-state index is 12.3. The van der Waals surface area contributed by atoms with Gasteiger partial charge in [-0.15, -0.1) is 0 Å². The number of carbonyl (C=O) groups is 2. The van der Waals surface area contributed by atoms with Crippen molar-refractivity contribution < 1.29 is 23.8 Å². The monoisotopic (exact) mass is 401 g/mol. The van der Waals surface area contributed by atoms with Gasteiger partial charge >= 0.3 is 0 Å². The van der Waals surface area contributed by atoms with Crippen LogP contribution < -0.4 is 25.4 Å². The zero-order valence-corrected chi connectivity index (χ0v) is 16.9. The van der Waals surface area contributed by atoms with Gasteiger partial charge in [0.15, 0.2) is 0 Å². The van der Waals surface area contributed by atoms with Gasteiger partial charge in [0.25, 0.3) is 5.91 Å². The van der Waals surface area contributed by atoms with Gasteiger partial charge in [0.05, 0.1) is 26.5 Å². The van der Waals surface area contributed by atoms with Gasteiger partial charge < -0.3 is 30.2 Å². The van der Waals surface area contributed by atoms with Crippen LogP contribution in [0.25, 0.3) is 0 Å². The van der Waals surface area contributed by atoms with Gasteiger partial charge in [0.1, 0.15) is 11.5 Å². The Balaban J connectivity index is 1.91. The molecule has 156 valence electrons. The first-order valence-electron chi connectivity index (χ1n) is 9.20. The second-order valence-corrected chi connectivity index (χ2v) is 6.15. The molecule has 0 aliphatic heterocycles. The predicted octanol–water partition coefficient (Wildman–Crippen LogP) is 2.52. The van der Waals surface area contributed by atoms with Crippen LogP contribution in [0.2, 0.25) is 0 Å². The SMILES string of the molecule is COCCCNC(=O)c1cccc(NCC(=O)Nc2cc(OC)ccc2OC)c1. The van der Waals surface area contributed by atoms with Gasteiger partial charge in [0.2, 0.25) is 5.91 Å². The molecule has 0 aromatic heterocycles. The fourth-order valence-corrected chi connectivity index (χ4v) is 2.58. The third-order valence-corrected chi connectivity index (χ3v) is 4.07. The Kier molecular flexibility index (Phi) is 8.78. The minimum absolute atomic E-state index is 0.0271. The minimum atomic E-state index is -0.258. The quantitative estimate of drug-likeness (QED) is 0.501. The summed E-state index contributed by atoms with van der Waals surface area (Å²) in [5, 5.41) is 8.63. The van der Waals surface area contributed by atoms with Gasteiger partial charge in [0, 0.05) is 37.6 Å². The first-order chi connectivity index (χ1) is 14.1. The standard InChI is InChI=1S/C21H27N3O5/c1-27-11-5-10-22-21(26)15-6-4-7-16(12-15)23-14-20(25)24-18-13-17(28-2)8-9-19(18)29-3/h4,6-9,12-13,23H,5,10-11,14H2,1-3H3,(H,22,26)(H,24,25). The molecule has 2 aromatic rings. The summed E-state index contributed by atoms with van der Waals surface area (Å²) in [7, 11) is 4.70. The van der Waals surface area contributed by atoms with Crippen molar-refractivity contribution in [3.8, 4) is 11.5 Å². The Labute approximate surface area is 170 Å². The molecule has 3 N–H and O–H groups in total. The molecule has 0 heterocycles. The van der Waals surface area contributed by atoms with Crippen molar-refractivity contribution in [2.45, 2.75) is 6.42 Å². The maximum Gasteiger partial charge on any atom is 0.251 e. The van der Waals surface area contributed by atoms with Gasteiger partial charge in [-0.05, 0) is 36.8 Å². The molecule has 8 nitrogen and oxygen atoms in total. The van der Waals surface area contributed by atoms with E-state index in [2.05, 4.69) is 16.0 Å². The van der Waals surface area contributed by atoms with Crippen molar-refractivity contribution in [3.63, 3.8) is 0 Å². The maximum atomic E-state index is 12.3. The second-order valence-electron chi connectivity index (χ2n) is 6.15. The van der Waals surface area contributed by atoms with Gasteiger partial charge in [-0.2, -0.15) is 0 Å². The number of rotatable bonds is 11. The summed E-state index contributed by atoms with van der Waals surface area (Å²) in [6, 6.07) is 12.1. The van der Waals surface area contributed by atoms with Crippen molar-refractivity contribution in [3.05, 3.63) is 48.0 Å². The van der Waals surface area contributed by atoms with E-state index < -0.39 is 0 Å². The Morgan fingerprint density at radius 2 is 1.83 bits per heavy atom. The van der Waals surface area contributed by atoms with E-state index in [0.717, 1.165) is 6.42 Å². The van der Waals surface area contributed by atoms with Crippen LogP contribution in [0, 0.1) is 0 Å². The Bertz CT molecular complexity index is 826. The molecule has 0 spiro atoms. The molecule has 2 aromatic carbocycles. The lowest BCUT2D eigenvalue weighted by molar-refractivity contribution is -0.114. The van der Waals surface area contributed by atoms with E-state index in [1.54, 1.807) is 56.7 Å². The molecule has 0 fully saturated rings. The number of hydrogen-bond donors (Lipinski definition) is 3. The van der Waals surface area contributed by atoms with E-state index in [-0.39, 0.29) is 18.4 Å². The lowest BCUT2D eigenvalue weighted by Crippen LogP contribution is -2.25. The molecule has 8 heteroatoms. The number of benzene rings is 2. The Morgan fingerprint density at radius 1 is 1.00 bits per heavy atom. The van der Waals surface area contributed by atoms with Crippen LogP contribution in [-0.2, 0) is 9.53 Å². The molecular formula is C21H27N3O5. The average Bonchev–Trinajstić information content (AvgIpc) is 2.75. The highest BCUT2D eigenvalue weighted by atomic mass is 16.5. The van der Waals surface area contributed by atoms with Crippen molar-refractivity contribution in [1.29, 1.82) is 0 Å². The first kappa shape index (κ1) is 22.0. The molecule has 0 aliphatic rings. The van der Waals surface area contributed by atoms with E-state index in [0.29, 0.717) is 41.6 Å². The van der Waals surface area contributed by atoms with Crippen LogP contribution in [-0.4, -0.2) is 52.8 Å². The van der Waals surface area contributed by atoms with Crippen molar-refractivity contribution in [2.24, 2.45) is 0 Å². The third-order valence-electron chi connectivity index (χ3n) is 4.07. The third kappa shape index (κ3) is 7.00. The highest BCUT2D eigenvalue weighted by molar-refractivity contribution is 5.96.